The van der Waals surface area contributed by atoms with Gasteiger partial charge < -0.3 is 5.73 Å². The van der Waals surface area contributed by atoms with E-state index in [-0.39, 0.29) is 0 Å². The van der Waals surface area contributed by atoms with Crippen molar-refractivity contribution in [3.8, 4) is 0 Å². The molecule has 0 bridgehead atoms. The van der Waals surface area contributed by atoms with E-state index < -0.39 is 0 Å². The van der Waals surface area contributed by atoms with Crippen LogP contribution in [-0.2, 0) is 0 Å². The van der Waals surface area contributed by atoms with Gasteiger partial charge in [-0.3, -0.25) is 0 Å². The number of azo groups is 1. The Kier molecular flexibility index (Phi) is 3.35. The Bertz CT molecular complexity index is 797. The highest BCUT2D eigenvalue weighted by atomic mass is 35.5. The van der Waals surface area contributed by atoms with Gasteiger partial charge in [0.25, 0.3) is 0 Å². The van der Waals surface area contributed by atoms with E-state index in [0.717, 1.165) is 10.8 Å². The number of nitrogens with two attached hydrogens (primary N) is 1. The monoisotopic (exact) mass is 281 g/mol. The highest BCUT2D eigenvalue weighted by molar-refractivity contribution is 6.32. The zero-order valence-electron chi connectivity index (χ0n) is 10.6. The van der Waals surface area contributed by atoms with Gasteiger partial charge >= 0.3 is 0 Å². The number of hydrogen-bond donors (Lipinski definition) is 1. The average molecular weight is 282 g/mol. The number of anilines is 1. The van der Waals surface area contributed by atoms with Crippen LogP contribution in [0, 0.1) is 0 Å². The van der Waals surface area contributed by atoms with Crippen LogP contribution in [0.1, 0.15) is 0 Å². The first-order valence-electron chi connectivity index (χ1n) is 6.19. The quantitative estimate of drug-likeness (QED) is 0.490. The van der Waals surface area contributed by atoms with Crippen LogP contribution < -0.4 is 5.73 Å². The molecule has 0 saturated carbocycles. The van der Waals surface area contributed by atoms with E-state index in [0.29, 0.717) is 22.1 Å². The van der Waals surface area contributed by atoms with Gasteiger partial charge in [-0.25, -0.2) is 0 Å². The smallest absolute Gasteiger partial charge is 0.116 e. The van der Waals surface area contributed by atoms with Gasteiger partial charge in [-0.05, 0) is 23.6 Å². The molecule has 3 aromatic rings. The molecule has 98 valence electrons. The fourth-order valence-electron chi connectivity index (χ4n) is 2.02. The third-order valence-corrected chi connectivity index (χ3v) is 3.36. The molecule has 0 aliphatic rings. The van der Waals surface area contributed by atoms with Crippen molar-refractivity contribution < 1.29 is 0 Å². The normalized spacial score (nSPS) is 11.2. The lowest BCUT2D eigenvalue weighted by Crippen LogP contribution is -1.85. The molecule has 0 aliphatic heterocycles. The van der Waals surface area contributed by atoms with Crippen LogP contribution in [-0.4, -0.2) is 0 Å². The molecule has 3 aromatic carbocycles. The van der Waals surface area contributed by atoms with Gasteiger partial charge in [-0.2, -0.15) is 0 Å². The fraction of sp³-hybridized carbons (Fsp3) is 0. The molecule has 0 spiro atoms. The molecule has 0 saturated heterocycles. The molecule has 0 radical (unpaired) electrons. The van der Waals surface area contributed by atoms with E-state index in [1.807, 2.05) is 54.6 Å². The van der Waals surface area contributed by atoms with Crippen LogP contribution in [0.2, 0.25) is 5.02 Å². The van der Waals surface area contributed by atoms with E-state index in [1.165, 1.54) is 0 Å². The molecular weight excluding hydrogens is 270 g/mol. The molecule has 0 aromatic heterocycles. The van der Waals surface area contributed by atoms with Crippen LogP contribution in [0.15, 0.2) is 70.9 Å². The molecule has 0 fully saturated rings. The summed E-state index contributed by atoms with van der Waals surface area (Å²) >= 11 is 6.06. The van der Waals surface area contributed by atoms with E-state index in [1.54, 1.807) is 6.07 Å². The number of halogens is 1. The second-order valence-corrected chi connectivity index (χ2v) is 4.78. The average Bonchev–Trinajstić information content (AvgIpc) is 2.48. The Morgan fingerprint density at radius 3 is 2.40 bits per heavy atom. The number of rotatable bonds is 2. The number of fused-ring (bicyclic) bond motifs is 1. The summed E-state index contributed by atoms with van der Waals surface area (Å²) in [6, 6.07) is 19.1. The van der Waals surface area contributed by atoms with Crippen molar-refractivity contribution in [1.29, 1.82) is 0 Å². The molecule has 2 N–H and O–H groups in total. The molecule has 0 atom stereocenters. The van der Waals surface area contributed by atoms with Crippen LogP contribution in [0.25, 0.3) is 10.8 Å². The van der Waals surface area contributed by atoms with Crippen LogP contribution >= 0.6 is 11.6 Å². The SMILES string of the molecule is Nc1ccc2ccccc2c1N=Nc1ccccc1Cl. The summed E-state index contributed by atoms with van der Waals surface area (Å²) in [6.07, 6.45) is 0. The predicted octanol–water partition coefficient (Wildman–Crippen LogP) is 5.49. The molecule has 0 heterocycles. The van der Waals surface area contributed by atoms with E-state index >= 15 is 0 Å². The number of nitrogens with zero attached hydrogens (tertiary/aromatic N) is 2. The highest BCUT2D eigenvalue weighted by Crippen LogP contribution is 2.34. The van der Waals surface area contributed by atoms with Gasteiger partial charge in [-0.1, -0.05) is 54.1 Å². The third kappa shape index (κ3) is 2.36. The Labute approximate surface area is 121 Å². The van der Waals surface area contributed by atoms with Crippen molar-refractivity contribution in [1.82, 2.24) is 0 Å². The Balaban J connectivity index is 2.11. The van der Waals surface area contributed by atoms with E-state index in [4.69, 9.17) is 17.3 Å². The van der Waals surface area contributed by atoms with Gasteiger partial charge in [-0.15, -0.1) is 10.2 Å². The first kappa shape index (κ1) is 12.6. The Hall–Kier alpha value is -2.39. The molecule has 0 aliphatic carbocycles. The molecule has 0 unspecified atom stereocenters. The van der Waals surface area contributed by atoms with Crippen molar-refractivity contribution in [2.24, 2.45) is 10.2 Å². The number of hydrogen-bond acceptors (Lipinski definition) is 3. The molecule has 0 amide bonds. The maximum Gasteiger partial charge on any atom is 0.116 e. The minimum absolute atomic E-state index is 0.565. The second kappa shape index (κ2) is 5.31. The van der Waals surface area contributed by atoms with Crippen LogP contribution in [0.5, 0.6) is 0 Å². The second-order valence-electron chi connectivity index (χ2n) is 4.38. The molecule has 4 heteroatoms. The van der Waals surface area contributed by atoms with Crippen molar-refractivity contribution in [2.45, 2.75) is 0 Å². The minimum Gasteiger partial charge on any atom is -0.397 e. The number of nitrogen functional groups attached to an aromatic ring is 1. The summed E-state index contributed by atoms with van der Waals surface area (Å²) in [5, 5.41) is 11.1. The van der Waals surface area contributed by atoms with Crippen LogP contribution in [0.4, 0.5) is 17.1 Å². The maximum atomic E-state index is 6.06. The van der Waals surface area contributed by atoms with Gasteiger partial charge in [0, 0.05) is 5.39 Å². The summed E-state index contributed by atoms with van der Waals surface area (Å²) in [7, 11) is 0. The lowest BCUT2D eigenvalue weighted by molar-refractivity contribution is 1.24. The van der Waals surface area contributed by atoms with Crippen molar-refractivity contribution >= 4 is 39.4 Å². The lowest BCUT2D eigenvalue weighted by atomic mass is 10.1. The third-order valence-electron chi connectivity index (χ3n) is 3.04. The predicted molar refractivity (Wildman–Crippen MR) is 84.0 cm³/mol. The molecule has 3 rings (SSSR count). The van der Waals surface area contributed by atoms with Gasteiger partial charge in [0.2, 0.25) is 0 Å². The largest absolute Gasteiger partial charge is 0.397 e. The summed E-state index contributed by atoms with van der Waals surface area (Å²) in [5.74, 6) is 0. The first-order valence-corrected chi connectivity index (χ1v) is 6.57. The molecular formula is C16H12ClN3. The van der Waals surface area contributed by atoms with E-state index in [2.05, 4.69) is 10.2 Å². The first-order chi connectivity index (χ1) is 9.75. The summed E-state index contributed by atoms with van der Waals surface area (Å²) < 4.78 is 0. The molecule has 3 nitrogen and oxygen atoms in total. The highest BCUT2D eigenvalue weighted by Gasteiger charge is 2.04. The topological polar surface area (TPSA) is 50.7 Å². The van der Waals surface area contributed by atoms with Gasteiger partial charge in [0.15, 0.2) is 0 Å². The minimum atomic E-state index is 0.565. The van der Waals surface area contributed by atoms with Gasteiger partial charge in [0.05, 0.1) is 10.7 Å². The molecule has 20 heavy (non-hydrogen) atoms. The summed E-state index contributed by atoms with van der Waals surface area (Å²) in [4.78, 5) is 0. The zero-order chi connectivity index (χ0) is 13.9. The van der Waals surface area contributed by atoms with Crippen molar-refractivity contribution in [3.63, 3.8) is 0 Å². The Morgan fingerprint density at radius 2 is 1.55 bits per heavy atom. The Morgan fingerprint density at radius 1 is 0.800 bits per heavy atom. The number of benzene rings is 3. The maximum absolute atomic E-state index is 6.06. The summed E-state index contributed by atoms with van der Waals surface area (Å²) in [6.45, 7) is 0. The van der Waals surface area contributed by atoms with Crippen molar-refractivity contribution in [2.75, 3.05) is 5.73 Å². The standard InChI is InChI=1S/C16H12ClN3/c17-13-7-3-4-8-15(13)19-20-16-12-6-2-1-5-11(12)9-10-14(16)18/h1-10H,18H2. The lowest BCUT2D eigenvalue weighted by Gasteiger charge is -2.04. The van der Waals surface area contributed by atoms with Gasteiger partial charge in [0.1, 0.15) is 11.4 Å². The van der Waals surface area contributed by atoms with Crippen molar-refractivity contribution in [3.05, 3.63) is 65.7 Å². The fourth-order valence-corrected chi connectivity index (χ4v) is 2.19. The van der Waals surface area contributed by atoms with Crippen LogP contribution in [0.3, 0.4) is 0 Å². The van der Waals surface area contributed by atoms with E-state index in [9.17, 15) is 0 Å². The summed E-state index contributed by atoms with van der Waals surface area (Å²) in [5.41, 5.74) is 7.89. The zero-order valence-corrected chi connectivity index (χ0v) is 11.4.